The number of allylic oxidation sites excluding steroid dienone is 1. The van der Waals surface area contributed by atoms with E-state index in [1.54, 1.807) is 31.2 Å². The number of carbonyl (C=O) groups excluding carboxylic acids is 2. The quantitative estimate of drug-likeness (QED) is 0.542. The third kappa shape index (κ3) is 2.96. The summed E-state index contributed by atoms with van der Waals surface area (Å²) < 4.78 is 11.9. The summed E-state index contributed by atoms with van der Waals surface area (Å²) in [6.07, 6.45) is -0.323. The molecule has 1 saturated heterocycles. The predicted molar refractivity (Wildman–Crippen MR) is 117 cm³/mol. The maximum absolute atomic E-state index is 13.7. The Morgan fingerprint density at radius 1 is 1.25 bits per heavy atom. The van der Waals surface area contributed by atoms with Gasteiger partial charge >= 0.3 is 5.97 Å². The fourth-order valence-corrected chi connectivity index (χ4v) is 6.70. The van der Waals surface area contributed by atoms with Crippen molar-refractivity contribution in [2.75, 3.05) is 6.61 Å². The maximum atomic E-state index is 13.7. The molecule has 1 aliphatic heterocycles. The Hall–Kier alpha value is -2.02. The number of hydrogen-bond acceptors (Lipinski definition) is 6. The van der Waals surface area contributed by atoms with Crippen LogP contribution < -0.4 is 0 Å². The van der Waals surface area contributed by atoms with E-state index in [1.807, 2.05) is 19.9 Å². The molecular formula is C26H32O6. The standard InChI is InChI=1S/C26H32O6/c1-14-9-10-26(30)15(2)17(14)11-20(27)25(3)21(28)12-19-18(13-31-19)22(25)23(26)32-24(29)16-7-5-4-6-8-16/h4-8,15,18-19,21-23,28,30H,9-13H2,1-3H3/t15?,18?,19?,21-,22?,23-,25+,26-/m0/s1. The lowest BCUT2D eigenvalue weighted by Crippen LogP contribution is -2.70. The molecule has 1 heterocycles. The lowest BCUT2D eigenvalue weighted by atomic mass is 9.49. The molecule has 0 spiro atoms. The Balaban J connectivity index is 1.66. The molecular weight excluding hydrogens is 408 g/mol. The molecule has 8 atom stereocenters. The van der Waals surface area contributed by atoms with Gasteiger partial charge in [-0.3, -0.25) is 4.79 Å². The van der Waals surface area contributed by atoms with E-state index in [0.717, 1.165) is 11.1 Å². The van der Waals surface area contributed by atoms with Crippen molar-refractivity contribution >= 4 is 11.8 Å². The van der Waals surface area contributed by atoms with Crippen molar-refractivity contribution in [2.24, 2.45) is 23.2 Å². The summed E-state index contributed by atoms with van der Waals surface area (Å²) in [5.74, 6) is -1.44. The first-order chi connectivity index (χ1) is 15.2. The number of aliphatic hydroxyl groups is 2. The van der Waals surface area contributed by atoms with Gasteiger partial charge in [-0.2, -0.15) is 0 Å². The molecule has 4 aliphatic rings. The van der Waals surface area contributed by atoms with E-state index in [0.29, 0.717) is 31.4 Å². The zero-order valence-electron chi connectivity index (χ0n) is 18.9. The number of ketones is 1. The lowest BCUT2D eigenvalue weighted by molar-refractivity contribution is -0.264. The zero-order valence-corrected chi connectivity index (χ0v) is 18.9. The van der Waals surface area contributed by atoms with Gasteiger partial charge < -0.3 is 19.7 Å². The van der Waals surface area contributed by atoms with Gasteiger partial charge in [0.1, 0.15) is 17.5 Å². The fourth-order valence-electron chi connectivity index (χ4n) is 6.70. The van der Waals surface area contributed by atoms with Crippen molar-refractivity contribution in [1.29, 1.82) is 0 Å². The lowest BCUT2D eigenvalue weighted by Gasteiger charge is -2.61. The van der Waals surface area contributed by atoms with Gasteiger partial charge in [-0.05, 0) is 38.8 Å². The summed E-state index contributed by atoms with van der Waals surface area (Å²) in [6, 6.07) is 8.73. The van der Waals surface area contributed by atoms with Crippen molar-refractivity contribution < 1.29 is 29.3 Å². The second kappa shape index (κ2) is 7.51. The topological polar surface area (TPSA) is 93.1 Å². The largest absolute Gasteiger partial charge is 0.455 e. The van der Waals surface area contributed by atoms with Gasteiger partial charge in [0.05, 0.1) is 29.8 Å². The third-order valence-electron chi connectivity index (χ3n) is 9.02. The van der Waals surface area contributed by atoms with Gasteiger partial charge in [0.15, 0.2) is 0 Å². The number of hydrogen-bond donors (Lipinski definition) is 2. The molecule has 0 radical (unpaired) electrons. The summed E-state index contributed by atoms with van der Waals surface area (Å²) in [6.45, 7) is 6.19. The van der Waals surface area contributed by atoms with E-state index in [4.69, 9.17) is 9.47 Å². The molecule has 4 unspecified atom stereocenters. The van der Waals surface area contributed by atoms with Gasteiger partial charge in [-0.15, -0.1) is 0 Å². The van der Waals surface area contributed by atoms with Gasteiger partial charge in [-0.1, -0.05) is 36.3 Å². The smallest absolute Gasteiger partial charge is 0.338 e. The van der Waals surface area contributed by atoms with Gasteiger partial charge in [0.2, 0.25) is 0 Å². The molecule has 6 nitrogen and oxygen atoms in total. The average Bonchev–Trinajstić information content (AvgIpc) is 2.77. The van der Waals surface area contributed by atoms with Gasteiger partial charge in [0, 0.05) is 30.6 Å². The third-order valence-corrected chi connectivity index (χ3v) is 9.02. The van der Waals surface area contributed by atoms with Crippen LogP contribution >= 0.6 is 0 Å². The number of aliphatic hydroxyl groups excluding tert-OH is 1. The highest BCUT2D eigenvalue weighted by atomic mass is 16.6. The van der Waals surface area contributed by atoms with Crippen LogP contribution in [0.1, 0.15) is 56.8 Å². The molecule has 6 heteroatoms. The monoisotopic (exact) mass is 440 g/mol. The van der Waals surface area contributed by atoms with Crippen LogP contribution in [0.3, 0.4) is 0 Å². The Kier molecular flexibility index (Phi) is 5.11. The molecule has 1 aromatic carbocycles. The number of benzene rings is 1. The van der Waals surface area contributed by atoms with Crippen molar-refractivity contribution in [2.45, 2.75) is 70.4 Å². The van der Waals surface area contributed by atoms with Crippen molar-refractivity contribution in [3.8, 4) is 0 Å². The van der Waals surface area contributed by atoms with Crippen LogP contribution in [0, 0.1) is 23.2 Å². The molecule has 3 fully saturated rings. The predicted octanol–water partition coefficient (Wildman–Crippen LogP) is 3.06. The number of rotatable bonds is 2. The highest BCUT2D eigenvalue weighted by molar-refractivity contribution is 5.90. The van der Waals surface area contributed by atoms with Crippen molar-refractivity contribution in [3.05, 3.63) is 47.0 Å². The van der Waals surface area contributed by atoms with Crippen molar-refractivity contribution in [1.82, 2.24) is 0 Å². The van der Waals surface area contributed by atoms with Crippen LogP contribution in [0.15, 0.2) is 41.5 Å². The first kappa shape index (κ1) is 21.8. The molecule has 172 valence electrons. The molecule has 2 saturated carbocycles. The maximum Gasteiger partial charge on any atom is 0.338 e. The zero-order chi connectivity index (χ0) is 22.8. The van der Waals surface area contributed by atoms with E-state index >= 15 is 0 Å². The van der Waals surface area contributed by atoms with Crippen LogP contribution in [0.2, 0.25) is 0 Å². The molecule has 32 heavy (non-hydrogen) atoms. The Labute approximate surface area is 188 Å². The van der Waals surface area contributed by atoms with Crippen LogP contribution in [0.4, 0.5) is 0 Å². The Morgan fingerprint density at radius 2 is 1.97 bits per heavy atom. The van der Waals surface area contributed by atoms with Crippen LogP contribution in [-0.4, -0.2) is 52.5 Å². The summed E-state index contributed by atoms with van der Waals surface area (Å²) >= 11 is 0. The van der Waals surface area contributed by atoms with E-state index < -0.39 is 35.1 Å². The molecule has 1 aromatic rings. The minimum absolute atomic E-state index is 0.0359. The number of fused-ring (bicyclic) bond motifs is 5. The molecule has 2 N–H and O–H groups in total. The van der Waals surface area contributed by atoms with Crippen LogP contribution in [0.25, 0.3) is 0 Å². The van der Waals surface area contributed by atoms with E-state index in [-0.39, 0.29) is 30.1 Å². The molecule has 3 aliphatic carbocycles. The number of esters is 1. The summed E-state index contributed by atoms with van der Waals surface area (Å²) in [5, 5.41) is 23.3. The number of carbonyl (C=O) groups is 2. The van der Waals surface area contributed by atoms with Crippen molar-refractivity contribution in [3.63, 3.8) is 0 Å². The van der Waals surface area contributed by atoms with Crippen LogP contribution in [-0.2, 0) is 14.3 Å². The van der Waals surface area contributed by atoms with Gasteiger partial charge in [0.25, 0.3) is 0 Å². The van der Waals surface area contributed by atoms with Crippen LogP contribution in [0.5, 0.6) is 0 Å². The summed E-state index contributed by atoms with van der Waals surface area (Å²) in [5.41, 5.74) is -0.00393. The Morgan fingerprint density at radius 3 is 2.62 bits per heavy atom. The SMILES string of the molecule is CC1=C2CC(=O)[C@@]3(C)C(C4COC4C[C@@H]3O)[C@H](OC(=O)c3ccccc3)[C@](O)(CC1)C2C. The summed E-state index contributed by atoms with van der Waals surface area (Å²) in [4.78, 5) is 27.0. The second-order valence-corrected chi connectivity index (χ2v) is 10.4. The average molecular weight is 441 g/mol. The van der Waals surface area contributed by atoms with Gasteiger partial charge in [-0.25, -0.2) is 4.79 Å². The molecule has 5 rings (SSSR count). The van der Waals surface area contributed by atoms with E-state index in [1.165, 1.54) is 0 Å². The second-order valence-electron chi connectivity index (χ2n) is 10.4. The minimum Gasteiger partial charge on any atom is -0.455 e. The number of Topliss-reactive ketones (excluding diaryl/α,β-unsaturated/α-hetero) is 1. The highest BCUT2D eigenvalue weighted by Crippen LogP contribution is 2.58. The van der Waals surface area contributed by atoms with E-state index in [9.17, 15) is 19.8 Å². The molecule has 0 amide bonds. The number of ether oxygens (including phenoxy) is 2. The first-order valence-corrected chi connectivity index (χ1v) is 11.7. The molecule has 2 bridgehead atoms. The van der Waals surface area contributed by atoms with E-state index in [2.05, 4.69) is 0 Å². The Bertz CT molecular complexity index is 970. The highest BCUT2D eigenvalue weighted by Gasteiger charge is 2.67. The fraction of sp³-hybridized carbons (Fsp3) is 0.615. The normalized spacial score (nSPS) is 43.3. The minimum atomic E-state index is -1.32. The first-order valence-electron chi connectivity index (χ1n) is 11.7. The molecule has 0 aromatic heterocycles. The summed E-state index contributed by atoms with van der Waals surface area (Å²) in [7, 11) is 0.